The molecule has 0 aromatic heterocycles. The number of carbonyl (C=O) groups is 2. The van der Waals surface area contributed by atoms with Crippen molar-refractivity contribution < 1.29 is 18.4 Å². The summed E-state index contributed by atoms with van der Waals surface area (Å²) in [7, 11) is 0. The maximum absolute atomic E-state index is 15.7. The summed E-state index contributed by atoms with van der Waals surface area (Å²) in [6.07, 6.45) is 0.358. The number of hydrogen-bond donors (Lipinski definition) is 3. The Labute approximate surface area is 248 Å². The van der Waals surface area contributed by atoms with E-state index in [9.17, 15) is 14.9 Å². The standard InChI is InChI=1S/C31H30Cl2F2N4O2/c1-17(40)37-19-9-11-20(12-10-19)38-29(41)28-26(21-6-5-7-23(33)27(21)35)31(16-36,25(39-28)15-30(2,3)4)22-13-8-18(32)14-24(22)34/h5-14,25-26,28,39H,15H2,1-4H3,(H,37,40)(H,38,41)/t25-,26?,28+,31?/m0/s1. The summed E-state index contributed by atoms with van der Waals surface area (Å²) in [4.78, 5) is 25.3. The van der Waals surface area contributed by atoms with Crippen LogP contribution in [0, 0.1) is 28.4 Å². The highest BCUT2D eigenvalue weighted by Crippen LogP contribution is 2.52. The molecule has 0 bridgehead atoms. The van der Waals surface area contributed by atoms with Crippen LogP contribution in [0.3, 0.4) is 0 Å². The van der Waals surface area contributed by atoms with Gasteiger partial charge in [0.1, 0.15) is 17.0 Å². The number of carbonyl (C=O) groups excluding carboxylic acids is 2. The van der Waals surface area contributed by atoms with Gasteiger partial charge in [-0.25, -0.2) is 8.78 Å². The van der Waals surface area contributed by atoms with E-state index in [0.717, 1.165) is 6.07 Å². The molecule has 0 radical (unpaired) electrons. The summed E-state index contributed by atoms with van der Waals surface area (Å²) >= 11 is 12.2. The van der Waals surface area contributed by atoms with Gasteiger partial charge in [0, 0.05) is 40.8 Å². The average Bonchev–Trinajstić information content (AvgIpc) is 3.19. The van der Waals surface area contributed by atoms with Crippen molar-refractivity contribution in [1.29, 1.82) is 5.26 Å². The Balaban J connectivity index is 1.89. The molecule has 2 amide bonds. The lowest BCUT2D eigenvalue weighted by Gasteiger charge is -2.37. The van der Waals surface area contributed by atoms with E-state index in [-0.39, 0.29) is 32.5 Å². The van der Waals surface area contributed by atoms with Gasteiger partial charge in [-0.15, -0.1) is 0 Å². The lowest BCUT2D eigenvalue weighted by Crippen LogP contribution is -2.45. The van der Waals surface area contributed by atoms with Crippen LogP contribution in [0.2, 0.25) is 10.0 Å². The van der Waals surface area contributed by atoms with Gasteiger partial charge in [-0.2, -0.15) is 5.26 Å². The molecule has 10 heteroatoms. The van der Waals surface area contributed by atoms with E-state index in [1.165, 1.54) is 37.3 Å². The Kier molecular flexibility index (Phi) is 8.74. The van der Waals surface area contributed by atoms with Crippen molar-refractivity contribution in [2.45, 2.75) is 57.5 Å². The molecule has 41 heavy (non-hydrogen) atoms. The van der Waals surface area contributed by atoms with Crippen LogP contribution in [0.15, 0.2) is 60.7 Å². The Bertz CT molecular complexity index is 1520. The highest BCUT2D eigenvalue weighted by molar-refractivity contribution is 6.31. The number of nitriles is 1. The first-order valence-corrected chi connectivity index (χ1v) is 13.8. The van der Waals surface area contributed by atoms with Gasteiger partial charge in [-0.05, 0) is 59.9 Å². The molecule has 1 heterocycles. The first kappa shape index (κ1) is 30.4. The molecular formula is C31H30Cl2F2N4O2. The molecular weight excluding hydrogens is 569 g/mol. The van der Waals surface area contributed by atoms with E-state index < -0.39 is 41.0 Å². The highest BCUT2D eigenvalue weighted by atomic mass is 35.5. The lowest BCUT2D eigenvalue weighted by atomic mass is 9.62. The molecule has 3 aromatic rings. The Hall–Kier alpha value is -3.51. The van der Waals surface area contributed by atoms with Crippen LogP contribution in [0.1, 0.15) is 51.2 Å². The lowest BCUT2D eigenvalue weighted by molar-refractivity contribution is -0.118. The molecule has 1 saturated heterocycles. The molecule has 3 aromatic carbocycles. The van der Waals surface area contributed by atoms with E-state index >= 15 is 8.78 Å². The second-order valence-electron chi connectivity index (χ2n) is 11.4. The van der Waals surface area contributed by atoms with E-state index in [1.807, 2.05) is 20.8 Å². The third-order valence-electron chi connectivity index (χ3n) is 7.20. The number of nitrogens with zero attached hydrogens (tertiary/aromatic N) is 1. The summed E-state index contributed by atoms with van der Waals surface area (Å²) in [6.45, 7) is 7.28. The Morgan fingerprint density at radius 3 is 2.22 bits per heavy atom. The number of anilines is 2. The molecule has 6 nitrogen and oxygen atoms in total. The predicted molar refractivity (Wildman–Crippen MR) is 157 cm³/mol. The predicted octanol–water partition coefficient (Wildman–Crippen LogP) is 7.19. The summed E-state index contributed by atoms with van der Waals surface area (Å²) in [5, 5.41) is 19.6. The minimum Gasteiger partial charge on any atom is -0.326 e. The molecule has 0 spiro atoms. The first-order chi connectivity index (χ1) is 19.3. The third kappa shape index (κ3) is 6.23. The highest BCUT2D eigenvalue weighted by Gasteiger charge is 2.61. The maximum Gasteiger partial charge on any atom is 0.242 e. The minimum atomic E-state index is -1.72. The third-order valence-corrected chi connectivity index (χ3v) is 7.73. The number of rotatable bonds is 6. The number of hydrogen-bond acceptors (Lipinski definition) is 4. The van der Waals surface area contributed by atoms with Gasteiger partial charge < -0.3 is 16.0 Å². The van der Waals surface area contributed by atoms with Crippen molar-refractivity contribution >= 4 is 46.4 Å². The monoisotopic (exact) mass is 598 g/mol. The smallest absolute Gasteiger partial charge is 0.242 e. The van der Waals surface area contributed by atoms with E-state index in [0.29, 0.717) is 17.8 Å². The maximum atomic E-state index is 15.7. The summed E-state index contributed by atoms with van der Waals surface area (Å²) in [5.41, 5.74) is -1.10. The van der Waals surface area contributed by atoms with Crippen LogP contribution >= 0.6 is 23.2 Å². The molecule has 1 fully saturated rings. The van der Waals surface area contributed by atoms with Crippen LogP contribution in [0.5, 0.6) is 0 Å². The van der Waals surface area contributed by atoms with Crippen molar-refractivity contribution in [1.82, 2.24) is 5.32 Å². The van der Waals surface area contributed by atoms with E-state index in [2.05, 4.69) is 22.0 Å². The second kappa shape index (κ2) is 11.8. The van der Waals surface area contributed by atoms with Crippen LogP contribution < -0.4 is 16.0 Å². The Morgan fingerprint density at radius 2 is 1.66 bits per heavy atom. The fourth-order valence-electron chi connectivity index (χ4n) is 5.62. The largest absolute Gasteiger partial charge is 0.326 e. The van der Waals surface area contributed by atoms with Crippen molar-refractivity contribution in [2.24, 2.45) is 5.41 Å². The molecule has 1 aliphatic heterocycles. The number of halogens is 4. The zero-order valence-corrected chi connectivity index (χ0v) is 24.5. The van der Waals surface area contributed by atoms with Crippen LogP contribution in [0.4, 0.5) is 20.2 Å². The zero-order valence-electron chi connectivity index (χ0n) is 23.0. The van der Waals surface area contributed by atoms with Crippen molar-refractivity contribution in [3.05, 3.63) is 93.5 Å². The van der Waals surface area contributed by atoms with Gasteiger partial charge in [0.2, 0.25) is 11.8 Å². The molecule has 4 atom stereocenters. The van der Waals surface area contributed by atoms with Gasteiger partial charge in [0.25, 0.3) is 0 Å². The summed E-state index contributed by atoms with van der Waals surface area (Å²) < 4.78 is 31.4. The molecule has 0 saturated carbocycles. The minimum absolute atomic E-state index is 0.00508. The normalized spacial score (nSPS) is 22.2. The quantitative estimate of drug-likeness (QED) is 0.280. The topological polar surface area (TPSA) is 94.0 Å². The first-order valence-electron chi connectivity index (χ1n) is 13.0. The van der Waals surface area contributed by atoms with Crippen molar-refractivity contribution in [3.8, 4) is 6.07 Å². The molecule has 2 unspecified atom stereocenters. The summed E-state index contributed by atoms with van der Waals surface area (Å²) in [5.74, 6) is -3.49. The molecule has 1 aliphatic rings. The zero-order chi connectivity index (χ0) is 30.1. The van der Waals surface area contributed by atoms with E-state index in [1.54, 1.807) is 24.3 Å². The van der Waals surface area contributed by atoms with Crippen LogP contribution in [-0.2, 0) is 15.0 Å². The average molecular weight is 600 g/mol. The van der Waals surface area contributed by atoms with Gasteiger partial charge in [0.15, 0.2) is 0 Å². The van der Waals surface area contributed by atoms with Crippen molar-refractivity contribution in [2.75, 3.05) is 10.6 Å². The van der Waals surface area contributed by atoms with Crippen LogP contribution in [-0.4, -0.2) is 23.9 Å². The molecule has 3 N–H and O–H groups in total. The second-order valence-corrected chi connectivity index (χ2v) is 12.3. The fraction of sp³-hybridized carbons (Fsp3) is 0.323. The van der Waals surface area contributed by atoms with Gasteiger partial charge in [-0.3, -0.25) is 9.59 Å². The SMILES string of the molecule is CC(=O)Nc1ccc(NC(=O)[C@@H]2N[C@@H](CC(C)(C)C)C(C#N)(c3ccc(Cl)cc3F)C2c2cccc(Cl)c2F)cc1. The molecule has 214 valence electrons. The van der Waals surface area contributed by atoms with E-state index in [4.69, 9.17) is 23.2 Å². The van der Waals surface area contributed by atoms with Crippen molar-refractivity contribution in [3.63, 3.8) is 0 Å². The van der Waals surface area contributed by atoms with Crippen LogP contribution in [0.25, 0.3) is 0 Å². The number of nitrogens with one attached hydrogen (secondary N) is 3. The molecule has 0 aliphatic carbocycles. The number of amides is 2. The fourth-order valence-corrected chi connectivity index (χ4v) is 5.96. The summed E-state index contributed by atoms with van der Waals surface area (Å²) in [6, 6.07) is 15.3. The Morgan fingerprint density at radius 1 is 1.02 bits per heavy atom. The van der Waals surface area contributed by atoms with Gasteiger partial charge >= 0.3 is 0 Å². The molecule has 4 rings (SSSR count). The van der Waals surface area contributed by atoms with Gasteiger partial charge in [0.05, 0.1) is 17.1 Å². The van der Waals surface area contributed by atoms with Gasteiger partial charge in [-0.1, -0.05) is 62.2 Å². The number of benzene rings is 3.